The predicted molar refractivity (Wildman–Crippen MR) is 78.6 cm³/mol. The van der Waals surface area contributed by atoms with Gasteiger partial charge in [0.25, 0.3) is 0 Å². The molecule has 0 spiro atoms. The number of fused-ring (bicyclic) bond motifs is 5. The maximum atomic E-state index is 5.66. The quantitative estimate of drug-likeness (QED) is 0.687. The number of halogens is 1. The third kappa shape index (κ3) is 1.71. The second kappa shape index (κ2) is 4.34. The van der Waals surface area contributed by atoms with Gasteiger partial charge in [-0.05, 0) is 57.4 Å². The zero-order chi connectivity index (χ0) is 12.8. The van der Waals surface area contributed by atoms with Crippen molar-refractivity contribution in [1.82, 2.24) is 4.98 Å². The molecule has 0 saturated heterocycles. The van der Waals surface area contributed by atoms with E-state index in [2.05, 4.69) is 45.2 Å². The van der Waals surface area contributed by atoms with Crippen LogP contribution in [0.5, 0.6) is 5.88 Å². The molecule has 4 rings (SSSR count). The summed E-state index contributed by atoms with van der Waals surface area (Å²) >= 11 is 3.63. The maximum absolute atomic E-state index is 5.66. The molecule has 1 aliphatic carbocycles. The van der Waals surface area contributed by atoms with Crippen molar-refractivity contribution in [3.05, 3.63) is 45.6 Å². The fourth-order valence-electron chi connectivity index (χ4n) is 3.21. The SMILES string of the molecule is Brc1nc2c(c3c1CCCc1ccccc1-3)CCO2. The molecule has 3 heteroatoms. The first-order valence-corrected chi connectivity index (χ1v) is 7.56. The van der Waals surface area contributed by atoms with Gasteiger partial charge in [-0.3, -0.25) is 0 Å². The number of aryl methyl sites for hydroxylation is 1. The summed E-state index contributed by atoms with van der Waals surface area (Å²) in [5.74, 6) is 0.822. The van der Waals surface area contributed by atoms with Crippen LogP contribution in [0.2, 0.25) is 0 Å². The predicted octanol–water partition coefficient (Wildman–Crippen LogP) is 3.93. The molecule has 2 nitrogen and oxygen atoms in total. The number of hydrogen-bond acceptors (Lipinski definition) is 2. The first-order valence-electron chi connectivity index (χ1n) is 6.77. The van der Waals surface area contributed by atoms with Crippen molar-refractivity contribution >= 4 is 15.9 Å². The van der Waals surface area contributed by atoms with Crippen LogP contribution in [0.3, 0.4) is 0 Å². The first kappa shape index (κ1) is 11.5. The van der Waals surface area contributed by atoms with Crippen molar-refractivity contribution in [3.8, 4) is 17.0 Å². The molecule has 19 heavy (non-hydrogen) atoms. The average Bonchev–Trinajstić information content (AvgIpc) is 2.79. The molecule has 96 valence electrons. The summed E-state index contributed by atoms with van der Waals surface area (Å²) in [5, 5.41) is 0. The Morgan fingerprint density at radius 2 is 1.95 bits per heavy atom. The van der Waals surface area contributed by atoms with Gasteiger partial charge in [0.05, 0.1) is 6.61 Å². The summed E-state index contributed by atoms with van der Waals surface area (Å²) in [6.07, 6.45) is 4.40. The summed E-state index contributed by atoms with van der Waals surface area (Å²) in [6, 6.07) is 8.76. The van der Waals surface area contributed by atoms with E-state index in [1.54, 1.807) is 0 Å². The van der Waals surface area contributed by atoms with Crippen LogP contribution >= 0.6 is 15.9 Å². The molecule has 2 aliphatic rings. The van der Waals surface area contributed by atoms with Gasteiger partial charge in [-0.1, -0.05) is 24.3 Å². The number of nitrogens with zero attached hydrogens (tertiary/aromatic N) is 1. The van der Waals surface area contributed by atoms with Crippen molar-refractivity contribution in [2.45, 2.75) is 25.7 Å². The molecular weight excluding hydrogens is 302 g/mol. The number of aromatic nitrogens is 1. The highest BCUT2D eigenvalue weighted by molar-refractivity contribution is 9.10. The first-order chi connectivity index (χ1) is 9.34. The molecule has 2 heterocycles. The van der Waals surface area contributed by atoms with Gasteiger partial charge in [0.1, 0.15) is 4.60 Å². The maximum Gasteiger partial charge on any atom is 0.218 e. The van der Waals surface area contributed by atoms with Crippen molar-refractivity contribution in [2.24, 2.45) is 0 Å². The lowest BCUT2D eigenvalue weighted by molar-refractivity contribution is 0.344. The second-order valence-corrected chi connectivity index (χ2v) is 5.90. The van der Waals surface area contributed by atoms with Crippen LogP contribution in [0, 0.1) is 0 Å². The standard InChI is InChI=1S/C16H14BrNO/c17-15-12-7-3-5-10-4-1-2-6-11(10)14(12)13-8-9-19-16(13)18-15/h1-2,4,6H,3,5,7-9H2. The Bertz CT molecular complexity index is 666. The summed E-state index contributed by atoms with van der Waals surface area (Å²) in [4.78, 5) is 4.58. The Morgan fingerprint density at radius 1 is 1.05 bits per heavy atom. The number of rotatable bonds is 0. The van der Waals surface area contributed by atoms with Gasteiger partial charge >= 0.3 is 0 Å². The molecule has 0 atom stereocenters. The molecule has 1 aliphatic heterocycles. The third-order valence-corrected chi connectivity index (χ3v) is 4.72. The van der Waals surface area contributed by atoms with Crippen LogP contribution in [0.1, 0.15) is 23.1 Å². The zero-order valence-corrected chi connectivity index (χ0v) is 12.2. The van der Waals surface area contributed by atoms with Gasteiger partial charge < -0.3 is 4.74 Å². The van der Waals surface area contributed by atoms with Gasteiger partial charge in [-0.25, -0.2) is 4.98 Å². The highest BCUT2D eigenvalue weighted by Gasteiger charge is 2.26. The van der Waals surface area contributed by atoms with E-state index in [0.717, 1.165) is 36.4 Å². The molecule has 0 saturated carbocycles. The minimum absolute atomic E-state index is 0.757. The summed E-state index contributed by atoms with van der Waals surface area (Å²) in [7, 11) is 0. The number of pyridine rings is 1. The molecule has 1 aromatic carbocycles. The van der Waals surface area contributed by atoms with Crippen LogP contribution in [0.4, 0.5) is 0 Å². The van der Waals surface area contributed by atoms with Crippen LogP contribution in [0.15, 0.2) is 28.9 Å². The average molecular weight is 316 g/mol. The smallest absolute Gasteiger partial charge is 0.218 e. The number of ether oxygens (including phenoxy) is 1. The summed E-state index contributed by atoms with van der Waals surface area (Å²) < 4.78 is 6.62. The van der Waals surface area contributed by atoms with E-state index in [9.17, 15) is 0 Å². The van der Waals surface area contributed by atoms with E-state index >= 15 is 0 Å². The van der Waals surface area contributed by atoms with Crippen LogP contribution < -0.4 is 4.74 Å². The van der Waals surface area contributed by atoms with Crippen LogP contribution in [0.25, 0.3) is 11.1 Å². The highest BCUT2D eigenvalue weighted by Crippen LogP contribution is 2.42. The minimum Gasteiger partial charge on any atom is -0.477 e. The van der Waals surface area contributed by atoms with E-state index in [-0.39, 0.29) is 0 Å². The Balaban J connectivity index is 2.08. The molecule has 0 fully saturated rings. The molecule has 0 amide bonds. The molecule has 1 aromatic heterocycles. The lowest BCUT2D eigenvalue weighted by Gasteiger charge is -2.14. The third-order valence-electron chi connectivity index (χ3n) is 4.06. The van der Waals surface area contributed by atoms with E-state index in [1.807, 2.05) is 0 Å². The normalized spacial score (nSPS) is 16.1. The largest absolute Gasteiger partial charge is 0.477 e. The van der Waals surface area contributed by atoms with Crippen molar-refractivity contribution in [3.63, 3.8) is 0 Å². The van der Waals surface area contributed by atoms with Crippen LogP contribution in [-0.4, -0.2) is 11.6 Å². The van der Waals surface area contributed by atoms with Crippen molar-refractivity contribution < 1.29 is 4.74 Å². The van der Waals surface area contributed by atoms with Gasteiger partial charge in [-0.15, -0.1) is 0 Å². The zero-order valence-electron chi connectivity index (χ0n) is 10.6. The molecule has 0 N–H and O–H groups in total. The minimum atomic E-state index is 0.757. The lowest BCUT2D eigenvalue weighted by atomic mass is 9.93. The van der Waals surface area contributed by atoms with Gasteiger partial charge in [0.15, 0.2) is 0 Å². The Kier molecular flexibility index (Phi) is 2.62. The Labute approximate surface area is 121 Å². The van der Waals surface area contributed by atoms with Gasteiger partial charge in [-0.2, -0.15) is 0 Å². The summed E-state index contributed by atoms with van der Waals surface area (Å²) in [5.41, 5.74) is 6.86. The second-order valence-electron chi connectivity index (χ2n) is 5.15. The lowest BCUT2D eigenvalue weighted by Crippen LogP contribution is -1.97. The summed E-state index contributed by atoms with van der Waals surface area (Å²) in [6.45, 7) is 0.757. The van der Waals surface area contributed by atoms with E-state index in [0.29, 0.717) is 0 Å². The topological polar surface area (TPSA) is 22.1 Å². The van der Waals surface area contributed by atoms with Gasteiger partial charge in [0, 0.05) is 12.0 Å². The number of hydrogen-bond donors (Lipinski definition) is 0. The number of benzene rings is 1. The Hall–Kier alpha value is -1.35. The van der Waals surface area contributed by atoms with Gasteiger partial charge in [0.2, 0.25) is 5.88 Å². The molecule has 2 aromatic rings. The fourth-order valence-corrected chi connectivity index (χ4v) is 3.77. The van der Waals surface area contributed by atoms with Crippen molar-refractivity contribution in [1.29, 1.82) is 0 Å². The van der Waals surface area contributed by atoms with Crippen LogP contribution in [-0.2, 0) is 19.3 Å². The van der Waals surface area contributed by atoms with E-state index in [4.69, 9.17) is 4.74 Å². The fraction of sp³-hybridized carbons (Fsp3) is 0.312. The van der Waals surface area contributed by atoms with E-state index < -0.39 is 0 Å². The molecule has 0 radical (unpaired) electrons. The molecule has 0 bridgehead atoms. The molecule has 0 unspecified atom stereocenters. The highest BCUT2D eigenvalue weighted by atomic mass is 79.9. The Morgan fingerprint density at radius 3 is 2.89 bits per heavy atom. The van der Waals surface area contributed by atoms with E-state index in [1.165, 1.54) is 34.2 Å². The monoisotopic (exact) mass is 315 g/mol. The van der Waals surface area contributed by atoms with Crippen molar-refractivity contribution in [2.75, 3.05) is 6.61 Å². The molecular formula is C16H14BrNO.